The van der Waals surface area contributed by atoms with Crippen LogP contribution in [0.3, 0.4) is 0 Å². The molecule has 0 spiro atoms. The van der Waals surface area contributed by atoms with E-state index in [1.807, 2.05) is 0 Å². The highest BCUT2D eigenvalue weighted by Crippen LogP contribution is 2.26. The largest absolute Gasteiger partial charge is 0.384 e. The van der Waals surface area contributed by atoms with E-state index in [4.69, 9.17) is 4.74 Å². The molecule has 1 aliphatic rings. The molecule has 0 heterocycles. The lowest BCUT2D eigenvalue weighted by atomic mass is 9.87. The average molecular weight is 233 g/mol. The number of ether oxygens (including phenoxy) is 1. The Labute approximate surface area is 104 Å². The fourth-order valence-electron chi connectivity index (χ4n) is 2.31. The van der Waals surface area contributed by atoms with Gasteiger partial charge in [-0.05, 0) is 24.3 Å². The summed E-state index contributed by atoms with van der Waals surface area (Å²) in [7, 11) is 1.78. The van der Waals surface area contributed by atoms with Gasteiger partial charge in [0.05, 0.1) is 0 Å². The first-order valence-electron chi connectivity index (χ1n) is 6.58. The van der Waals surface area contributed by atoms with E-state index in [-0.39, 0.29) is 0 Å². The van der Waals surface area contributed by atoms with Gasteiger partial charge in [0.1, 0.15) is 0 Å². The maximum absolute atomic E-state index is 5.30. The quantitative estimate of drug-likeness (QED) is 0.782. The average Bonchev–Trinajstić information content (AvgIpc) is 3.15. The van der Waals surface area contributed by atoms with Gasteiger partial charge in [0.2, 0.25) is 0 Å². The maximum Gasteiger partial charge on any atom is 0.0494 e. The van der Waals surface area contributed by atoms with E-state index in [2.05, 4.69) is 42.6 Å². The third-order valence-corrected chi connectivity index (χ3v) is 3.55. The summed E-state index contributed by atoms with van der Waals surface area (Å²) in [6, 6.07) is 11.6. The van der Waals surface area contributed by atoms with Crippen molar-refractivity contribution in [2.45, 2.75) is 31.7 Å². The molecule has 0 aromatic heterocycles. The number of methoxy groups -OCH3 is 1. The highest BCUT2D eigenvalue weighted by Gasteiger charge is 2.24. The van der Waals surface area contributed by atoms with E-state index in [1.165, 1.54) is 18.4 Å². The summed E-state index contributed by atoms with van der Waals surface area (Å²) in [5, 5.41) is 3.64. The minimum atomic E-state index is 0.550. The third-order valence-electron chi connectivity index (χ3n) is 3.55. The molecule has 0 amide bonds. The smallest absolute Gasteiger partial charge is 0.0494 e. The van der Waals surface area contributed by atoms with Crippen molar-refractivity contribution in [3.05, 3.63) is 35.9 Å². The number of benzene rings is 1. The molecule has 0 aliphatic heterocycles. The Morgan fingerprint density at radius 2 is 2.00 bits per heavy atom. The molecule has 2 rings (SSSR count). The molecule has 0 saturated heterocycles. The predicted molar refractivity (Wildman–Crippen MR) is 71.2 cm³/mol. The van der Waals surface area contributed by atoms with Gasteiger partial charge in [-0.15, -0.1) is 0 Å². The molecule has 1 aromatic rings. The monoisotopic (exact) mass is 233 g/mol. The van der Waals surface area contributed by atoms with Gasteiger partial charge in [-0.25, -0.2) is 0 Å². The summed E-state index contributed by atoms with van der Waals surface area (Å²) in [5.41, 5.74) is 1.42. The molecule has 1 aromatic carbocycles. The van der Waals surface area contributed by atoms with Crippen molar-refractivity contribution in [1.29, 1.82) is 0 Å². The summed E-state index contributed by atoms with van der Waals surface area (Å²) in [6.45, 7) is 4.17. The van der Waals surface area contributed by atoms with Crippen LogP contribution in [0.5, 0.6) is 0 Å². The molecule has 0 bridgehead atoms. The fraction of sp³-hybridized carbons (Fsp3) is 0.600. The van der Waals surface area contributed by atoms with Crippen molar-refractivity contribution >= 4 is 0 Å². The van der Waals surface area contributed by atoms with Gasteiger partial charge < -0.3 is 10.1 Å². The lowest BCUT2D eigenvalue weighted by Crippen LogP contribution is -2.28. The van der Waals surface area contributed by atoms with Gasteiger partial charge in [-0.1, -0.05) is 37.3 Å². The SMILES string of the molecule is COCC(C)C(CNC1CC1)c1ccccc1. The van der Waals surface area contributed by atoms with Crippen molar-refractivity contribution in [1.82, 2.24) is 5.32 Å². The van der Waals surface area contributed by atoms with Crippen LogP contribution in [0.4, 0.5) is 0 Å². The molecule has 94 valence electrons. The van der Waals surface area contributed by atoms with Crippen LogP contribution in [0.15, 0.2) is 30.3 Å². The van der Waals surface area contributed by atoms with Gasteiger partial charge in [-0.3, -0.25) is 0 Å². The highest BCUT2D eigenvalue weighted by molar-refractivity contribution is 5.20. The first kappa shape index (κ1) is 12.6. The molecular weight excluding hydrogens is 210 g/mol. The number of hydrogen-bond donors (Lipinski definition) is 1. The van der Waals surface area contributed by atoms with E-state index < -0.39 is 0 Å². The molecule has 2 unspecified atom stereocenters. The predicted octanol–water partition coefficient (Wildman–Crippen LogP) is 2.80. The second-order valence-corrected chi connectivity index (χ2v) is 5.13. The van der Waals surface area contributed by atoms with E-state index in [0.717, 1.165) is 19.2 Å². The zero-order chi connectivity index (χ0) is 12.1. The zero-order valence-corrected chi connectivity index (χ0v) is 10.9. The molecule has 0 radical (unpaired) electrons. The number of hydrogen-bond acceptors (Lipinski definition) is 2. The van der Waals surface area contributed by atoms with Crippen LogP contribution in [-0.4, -0.2) is 26.3 Å². The van der Waals surface area contributed by atoms with Crippen molar-refractivity contribution in [3.63, 3.8) is 0 Å². The molecule has 1 aliphatic carbocycles. The molecule has 2 nitrogen and oxygen atoms in total. The van der Waals surface area contributed by atoms with Gasteiger partial charge >= 0.3 is 0 Å². The highest BCUT2D eigenvalue weighted by atomic mass is 16.5. The molecule has 2 heteroatoms. The Kier molecular flexibility index (Phi) is 4.57. The molecule has 2 atom stereocenters. The third kappa shape index (κ3) is 3.83. The van der Waals surface area contributed by atoms with Crippen LogP contribution < -0.4 is 5.32 Å². The van der Waals surface area contributed by atoms with Crippen LogP contribution >= 0.6 is 0 Å². The van der Waals surface area contributed by atoms with Gasteiger partial charge in [0.15, 0.2) is 0 Å². The zero-order valence-electron chi connectivity index (χ0n) is 10.9. The van der Waals surface area contributed by atoms with Gasteiger partial charge in [0, 0.05) is 32.2 Å². The van der Waals surface area contributed by atoms with Gasteiger partial charge in [0.25, 0.3) is 0 Å². The van der Waals surface area contributed by atoms with Crippen LogP contribution in [0.2, 0.25) is 0 Å². The topological polar surface area (TPSA) is 21.3 Å². The molecule has 1 N–H and O–H groups in total. The first-order chi connectivity index (χ1) is 8.31. The summed E-state index contributed by atoms with van der Waals surface area (Å²) in [4.78, 5) is 0. The molecular formula is C15H23NO. The second-order valence-electron chi connectivity index (χ2n) is 5.13. The normalized spacial score (nSPS) is 18.9. The minimum Gasteiger partial charge on any atom is -0.384 e. The lowest BCUT2D eigenvalue weighted by molar-refractivity contribution is 0.146. The first-order valence-corrected chi connectivity index (χ1v) is 6.58. The summed E-state index contributed by atoms with van der Waals surface area (Å²) < 4.78 is 5.30. The van der Waals surface area contributed by atoms with E-state index in [1.54, 1.807) is 7.11 Å². The fourth-order valence-corrected chi connectivity index (χ4v) is 2.31. The Morgan fingerprint density at radius 1 is 1.29 bits per heavy atom. The van der Waals surface area contributed by atoms with Crippen LogP contribution in [0.1, 0.15) is 31.2 Å². The summed E-state index contributed by atoms with van der Waals surface area (Å²) in [5.74, 6) is 1.10. The van der Waals surface area contributed by atoms with E-state index in [0.29, 0.717) is 11.8 Å². The molecule has 17 heavy (non-hydrogen) atoms. The summed E-state index contributed by atoms with van der Waals surface area (Å²) >= 11 is 0. The maximum atomic E-state index is 5.30. The van der Waals surface area contributed by atoms with Crippen molar-refractivity contribution in [3.8, 4) is 0 Å². The van der Waals surface area contributed by atoms with Gasteiger partial charge in [-0.2, -0.15) is 0 Å². The van der Waals surface area contributed by atoms with Crippen LogP contribution in [0.25, 0.3) is 0 Å². The Hall–Kier alpha value is -0.860. The molecule has 1 fully saturated rings. The van der Waals surface area contributed by atoms with Crippen molar-refractivity contribution in [2.75, 3.05) is 20.3 Å². The van der Waals surface area contributed by atoms with E-state index in [9.17, 15) is 0 Å². The summed E-state index contributed by atoms with van der Waals surface area (Å²) in [6.07, 6.45) is 2.69. The van der Waals surface area contributed by atoms with E-state index >= 15 is 0 Å². The Morgan fingerprint density at radius 3 is 2.59 bits per heavy atom. The number of rotatable bonds is 7. The Balaban J connectivity index is 1.99. The number of nitrogens with one attached hydrogen (secondary N) is 1. The van der Waals surface area contributed by atoms with Crippen LogP contribution in [0, 0.1) is 5.92 Å². The Bertz CT molecular complexity index is 321. The minimum absolute atomic E-state index is 0.550. The standard InChI is InChI=1S/C15H23NO/c1-12(11-17-2)15(10-16-14-8-9-14)13-6-4-3-5-7-13/h3-7,12,14-16H,8-11H2,1-2H3. The van der Waals surface area contributed by atoms with Crippen molar-refractivity contribution < 1.29 is 4.74 Å². The second kappa shape index (κ2) is 6.18. The lowest BCUT2D eigenvalue weighted by Gasteiger charge is -2.24. The van der Waals surface area contributed by atoms with Crippen molar-refractivity contribution in [2.24, 2.45) is 5.92 Å². The van der Waals surface area contributed by atoms with Crippen LogP contribution in [-0.2, 0) is 4.74 Å². The molecule has 1 saturated carbocycles.